The van der Waals surface area contributed by atoms with Crippen molar-refractivity contribution >= 4 is 33.5 Å². The number of carbonyl (C=O) groups excluding carboxylic acids is 3. The Hall–Kier alpha value is -2.47. The quantitative estimate of drug-likeness (QED) is 0.356. The molecule has 0 spiro atoms. The van der Waals surface area contributed by atoms with Gasteiger partial charge in [0, 0.05) is 6.04 Å². The number of ether oxygens (including phenoxy) is 1. The molecular weight excluding hydrogens is 465 g/mol. The predicted molar refractivity (Wildman–Crippen MR) is 113 cm³/mol. The fourth-order valence-electron chi connectivity index (χ4n) is 3.41. The zero-order valence-electron chi connectivity index (χ0n) is 18.9. The maximum atomic E-state index is 13.5. The van der Waals surface area contributed by atoms with Gasteiger partial charge in [-0.25, -0.2) is 18.0 Å². The van der Waals surface area contributed by atoms with Crippen molar-refractivity contribution in [3.05, 3.63) is 30.3 Å². The van der Waals surface area contributed by atoms with Crippen molar-refractivity contribution in [2.75, 3.05) is 4.90 Å². The van der Waals surface area contributed by atoms with Crippen LogP contribution in [0, 0.1) is 11.3 Å². The molecule has 1 saturated heterocycles. The molecule has 0 aromatic heterocycles. The highest BCUT2D eigenvalue weighted by atomic mass is 32.2. The number of para-hydroxylation sites is 1. The van der Waals surface area contributed by atoms with E-state index in [1.54, 1.807) is 22.9 Å². The first-order valence-electron chi connectivity index (χ1n) is 10.2. The second-order valence-electron chi connectivity index (χ2n) is 9.25. The molecule has 0 bridgehead atoms. The number of hydrogen-bond donors (Lipinski definition) is 1. The Kier molecular flexibility index (Phi) is 7.35. The lowest BCUT2D eigenvalue weighted by Gasteiger charge is -2.33. The number of alkyl halides is 3. The number of carbonyl (C=O) groups is 3. The fourth-order valence-corrected chi connectivity index (χ4v) is 4.30. The average molecular weight is 493 g/mol. The minimum absolute atomic E-state index is 0.176. The SMILES string of the molecule is CC(C)[C@@H](C[C@@]1(C(=O)OC(C)(C)C)CC(=O)N(c2ccccc2)C1=O)NS(=O)(=O)C(F)(F)F. The molecule has 1 aromatic rings. The molecule has 1 heterocycles. The minimum Gasteiger partial charge on any atom is -0.459 e. The molecule has 1 N–H and O–H groups in total. The van der Waals surface area contributed by atoms with E-state index in [9.17, 15) is 36.0 Å². The number of nitrogens with zero attached hydrogens (tertiary/aromatic N) is 1. The topological polar surface area (TPSA) is 110 Å². The summed E-state index contributed by atoms with van der Waals surface area (Å²) in [5.41, 5.74) is -8.70. The molecule has 0 radical (unpaired) electrons. The van der Waals surface area contributed by atoms with Crippen LogP contribution in [0.15, 0.2) is 30.3 Å². The van der Waals surface area contributed by atoms with Gasteiger partial charge >= 0.3 is 21.5 Å². The van der Waals surface area contributed by atoms with E-state index in [-0.39, 0.29) is 5.69 Å². The van der Waals surface area contributed by atoms with Crippen LogP contribution in [0.1, 0.15) is 47.5 Å². The summed E-state index contributed by atoms with van der Waals surface area (Å²) in [6.45, 7) is 7.45. The number of rotatable bonds is 7. The van der Waals surface area contributed by atoms with Gasteiger partial charge in [-0.1, -0.05) is 32.0 Å². The minimum atomic E-state index is -5.78. The first kappa shape index (κ1) is 26.8. The molecule has 2 atom stereocenters. The molecule has 12 heteroatoms. The smallest absolute Gasteiger partial charge is 0.459 e. The van der Waals surface area contributed by atoms with Crippen molar-refractivity contribution < 1.29 is 40.7 Å². The fraction of sp³-hybridized carbons (Fsp3) is 0.571. The van der Waals surface area contributed by atoms with Crippen molar-refractivity contribution in [1.29, 1.82) is 0 Å². The van der Waals surface area contributed by atoms with Gasteiger partial charge in [0.1, 0.15) is 5.60 Å². The maximum Gasteiger partial charge on any atom is 0.511 e. The van der Waals surface area contributed by atoms with Gasteiger partial charge in [0.05, 0.1) is 12.1 Å². The molecule has 2 rings (SSSR count). The number of anilines is 1. The molecule has 0 unspecified atom stereocenters. The highest BCUT2D eigenvalue weighted by Gasteiger charge is 2.60. The largest absolute Gasteiger partial charge is 0.511 e. The Morgan fingerprint density at radius 1 is 1.15 bits per heavy atom. The highest BCUT2D eigenvalue weighted by molar-refractivity contribution is 7.90. The van der Waals surface area contributed by atoms with Crippen molar-refractivity contribution in [3.63, 3.8) is 0 Å². The van der Waals surface area contributed by atoms with Crippen molar-refractivity contribution in [2.45, 2.75) is 64.6 Å². The van der Waals surface area contributed by atoms with Gasteiger partial charge < -0.3 is 4.74 Å². The zero-order valence-corrected chi connectivity index (χ0v) is 19.7. The third kappa shape index (κ3) is 5.72. The van der Waals surface area contributed by atoms with E-state index >= 15 is 0 Å². The summed E-state index contributed by atoms with van der Waals surface area (Å²) in [6.07, 6.45) is -1.37. The molecule has 0 saturated carbocycles. The van der Waals surface area contributed by atoms with Gasteiger partial charge in [0.2, 0.25) is 5.91 Å². The Balaban J connectivity index is 2.55. The second-order valence-corrected chi connectivity index (χ2v) is 11.0. The number of halogens is 3. The molecule has 33 heavy (non-hydrogen) atoms. The lowest BCUT2D eigenvalue weighted by atomic mass is 9.77. The van der Waals surface area contributed by atoms with Crippen LogP contribution < -0.4 is 9.62 Å². The van der Waals surface area contributed by atoms with Gasteiger partial charge in [-0.15, -0.1) is 0 Å². The summed E-state index contributed by atoms with van der Waals surface area (Å²) < 4.78 is 69.4. The van der Waals surface area contributed by atoms with E-state index in [0.29, 0.717) is 0 Å². The molecule has 2 amide bonds. The Labute approximate surface area is 190 Å². The lowest BCUT2D eigenvalue weighted by Crippen LogP contribution is -2.52. The van der Waals surface area contributed by atoms with E-state index in [1.807, 2.05) is 0 Å². The average Bonchev–Trinajstić information content (AvgIpc) is 2.90. The monoisotopic (exact) mass is 492 g/mol. The van der Waals surface area contributed by atoms with E-state index in [0.717, 1.165) is 4.90 Å². The van der Waals surface area contributed by atoms with Crippen LogP contribution in [0.4, 0.5) is 18.9 Å². The normalized spacial score (nSPS) is 20.9. The molecule has 1 fully saturated rings. The van der Waals surface area contributed by atoms with E-state index in [1.165, 1.54) is 46.8 Å². The summed E-state index contributed by atoms with van der Waals surface area (Å²) in [7, 11) is -5.78. The van der Waals surface area contributed by atoms with Gasteiger partial charge in [0.15, 0.2) is 5.41 Å². The van der Waals surface area contributed by atoms with Gasteiger partial charge in [-0.05, 0) is 45.2 Å². The Bertz CT molecular complexity index is 1020. The van der Waals surface area contributed by atoms with Gasteiger partial charge in [0.25, 0.3) is 5.91 Å². The van der Waals surface area contributed by atoms with Crippen molar-refractivity contribution in [1.82, 2.24) is 4.72 Å². The highest BCUT2D eigenvalue weighted by Crippen LogP contribution is 2.43. The standard InChI is InChI=1S/C21H27F3N2O6S/c1-13(2)15(25-33(30,31)21(22,23)24)11-20(18(29)32-19(3,4)5)12-16(27)26(17(20)28)14-9-7-6-8-10-14/h6-10,13,15,25H,11-12H2,1-5H3/t15-,20-/m1/s1. The number of imide groups is 1. The number of amides is 2. The number of nitrogens with one attached hydrogen (secondary N) is 1. The number of sulfonamides is 1. The molecule has 184 valence electrons. The van der Waals surface area contributed by atoms with Crippen LogP contribution in [-0.4, -0.2) is 43.4 Å². The second kappa shape index (κ2) is 9.05. The molecular formula is C21H27F3N2O6S. The van der Waals surface area contributed by atoms with E-state index in [2.05, 4.69) is 0 Å². The molecule has 0 aliphatic carbocycles. The predicted octanol–water partition coefficient (Wildman–Crippen LogP) is 3.13. The van der Waals surface area contributed by atoms with E-state index < -0.39 is 69.1 Å². The van der Waals surface area contributed by atoms with E-state index in [4.69, 9.17) is 4.74 Å². The van der Waals surface area contributed by atoms with Crippen LogP contribution in [0.5, 0.6) is 0 Å². The molecule has 1 aliphatic rings. The zero-order chi connectivity index (χ0) is 25.4. The third-order valence-electron chi connectivity index (χ3n) is 5.10. The van der Waals surface area contributed by atoms with Gasteiger partial charge in [-0.3, -0.25) is 14.4 Å². The Morgan fingerprint density at radius 2 is 1.70 bits per heavy atom. The maximum absolute atomic E-state index is 13.5. The summed E-state index contributed by atoms with van der Waals surface area (Å²) in [5, 5.41) is 0. The molecule has 8 nitrogen and oxygen atoms in total. The van der Waals surface area contributed by atoms with Crippen LogP contribution in [-0.2, 0) is 29.1 Å². The third-order valence-corrected chi connectivity index (χ3v) is 6.33. The van der Waals surface area contributed by atoms with Crippen LogP contribution in [0.25, 0.3) is 0 Å². The molecule has 1 aliphatic heterocycles. The van der Waals surface area contributed by atoms with Crippen molar-refractivity contribution in [2.24, 2.45) is 11.3 Å². The summed E-state index contributed by atoms with van der Waals surface area (Å²) >= 11 is 0. The first-order valence-corrected chi connectivity index (χ1v) is 11.6. The number of hydrogen-bond acceptors (Lipinski definition) is 6. The summed E-state index contributed by atoms with van der Waals surface area (Å²) in [5.74, 6) is -3.60. The van der Waals surface area contributed by atoms with Crippen LogP contribution >= 0.6 is 0 Å². The molecule has 1 aromatic carbocycles. The first-order chi connectivity index (χ1) is 14.9. The van der Waals surface area contributed by atoms with Gasteiger partial charge in [-0.2, -0.15) is 13.2 Å². The van der Waals surface area contributed by atoms with Crippen LogP contribution in [0.3, 0.4) is 0 Å². The summed E-state index contributed by atoms with van der Waals surface area (Å²) in [6, 6.07) is 6.23. The van der Waals surface area contributed by atoms with Crippen molar-refractivity contribution in [3.8, 4) is 0 Å². The lowest BCUT2D eigenvalue weighted by molar-refractivity contribution is -0.170. The number of benzene rings is 1. The Morgan fingerprint density at radius 3 is 2.15 bits per heavy atom. The summed E-state index contributed by atoms with van der Waals surface area (Å²) in [4.78, 5) is 40.3. The van der Waals surface area contributed by atoms with Crippen LogP contribution in [0.2, 0.25) is 0 Å². The number of esters is 1.